The van der Waals surface area contributed by atoms with Crippen LogP contribution < -0.4 is 10.1 Å². The maximum absolute atomic E-state index is 5.85. The first kappa shape index (κ1) is 13.8. The molecule has 4 nitrogen and oxygen atoms in total. The Morgan fingerprint density at radius 1 is 1.21 bits per heavy atom. The number of aromatic nitrogens is 2. The maximum atomic E-state index is 5.85. The minimum absolute atomic E-state index is 0.614. The third kappa shape index (κ3) is 3.44. The largest absolute Gasteiger partial charge is 0.439 e. The number of nitrogens with zero attached hydrogens (tertiary/aromatic N) is 2. The molecule has 0 aliphatic rings. The predicted octanol–water partition coefficient (Wildman–Crippen LogP) is 4.03. The van der Waals surface area contributed by atoms with Gasteiger partial charge in [0.2, 0.25) is 5.88 Å². The van der Waals surface area contributed by atoms with E-state index in [0.717, 1.165) is 34.4 Å². The lowest BCUT2D eigenvalue weighted by atomic mass is 10.2. The Kier molecular flexibility index (Phi) is 4.74. The second kappa shape index (κ2) is 6.52. The number of rotatable bonds is 5. The lowest BCUT2D eigenvalue weighted by molar-refractivity contribution is 0.454. The molecule has 0 aliphatic heterocycles. The number of halogens is 1. The van der Waals surface area contributed by atoms with Crippen molar-refractivity contribution in [2.75, 3.05) is 12.4 Å². The van der Waals surface area contributed by atoms with Gasteiger partial charge >= 0.3 is 0 Å². The average Bonchev–Trinajstić information content (AvgIpc) is 2.43. The molecule has 0 radical (unpaired) electrons. The third-order valence-electron chi connectivity index (χ3n) is 2.67. The zero-order chi connectivity index (χ0) is 13.7. The van der Waals surface area contributed by atoms with Gasteiger partial charge in [0.1, 0.15) is 17.9 Å². The first-order valence-electron chi connectivity index (χ1n) is 6.19. The summed E-state index contributed by atoms with van der Waals surface area (Å²) >= 11 is 3.40. The van der Waals surface area contributed by atoms with Gasteiger partial charge in [-0.25, -0.2) is 9.97 Å². The molecule has 0 atom stereocenters. The predicted molar refractivity (Wildman–Crippen MR) is 79.8 cm³/mol. The molecule has 5 heteroatoms. The molecule has 1 aromatic carbocycles. The van der Waals surface area contributed by atoms with Gasteiger partial charge in [-0.1, -0.05) is 29.3 Å². The Labute approximate surface area is 121 Å². The van der Waals surface area contributed by atoms with E-state index in [2.05, 4.69) is 38.1 Å². The highest BCUT2D eigenvalue weighted by Gasteiger charge is 2.11. The summed E-state index contributed by atoms with van der Waals surface area (Å²) in [6.45, 7) is 2.12. The van der Waals surface area contributed by atoms with Crippen molar-refractivity contribution in [2.24, 2.45) is 0 Å². The quantitative estimate of drug-likeness (QED) is 0.903. The molecule has 0 bridgehead atoms. The molecular formula is C14H16BrN3O. The van der Waals surface area contributed by atoms with Crippen LogP contribution in [0.15, 0.2) is 35.1 Å². The fraction of sp³-hybridized carbons (Fsp3) is 0.286. The van der Waals surface area contributed by atoms with Crippen molar-refractivity contribution in [3.63, 3.8) is 0 Å². The van der Waals surface area contributed by atoms with Gasteiger partial charge in [0.25, 0.3) is 0 Å². The van der Waals surface area contributed by atoms with Gasteiger partial charge in [0, 0.05) is 11.5 Å². The Balaban J connectivity index is 2.30. The Hall–Kier alpha value is -1.62. The molecule has 2 aromatic rings. The summed E-state index contributed by atoms with van der Waals surface area (Å²) < 4.78 is 6.87. The van der Waals surface area contributed by atoms with E-state index in [-0.39, 0.29) is 0 Å². The Morgan fingerprint density at radius 2 is 1.95 bits per heavy atom. The number of hydrogen-bond acceptors (Lipinski definition) is 4. The van der Waals surface area contributed by atoms with Crippen LogP contribution in [0.3, 0.4) is 0 Å². The molecule has 19 heavy (non-hydrogen) atoms. The number of ether oxygens (including phenoxy) is 1. The van der Waals surface area contributed by atoms with Gasteiger partial charge < -0.3 is 10.1 Å². The number of nitrogens with one attached hydrogen (secondary N) is 1. The van der Waals surface area contributed by atoms with E-state index < -0.39 is 0 Å². The van der Waals surface area contributed by atoms with E-state index in [1.54, 1.807) is 0 Å². The molecule has 0 aliphatic carbocycles. The zero-order valence-corrected chi connectivity index (χ0v) is 12.6. The standard InChI is InChI=1S/C14H16BrN3O/c1-3-4-12-13(16-2)17-9-18-14(12)19-11-7-5-10(15)6-8-11/h5-9H,3-4H2,1-2H3,(H,16,17,18). The van der Waals surface area contributed by atoms with Gasteiger partial charge in [0.15, 0.2) is 0 Å². The van der Waals surface area contributed by atoms with Crippen LogP contribution in [0, 0.1) is 0 Å². The molecular weight excluding hydrogens is 306 g/mol. The van der Waals surface area contributed by atoms with E-state index in [1.165, 1.54) is 6.33 Å². The maximum Gasteiger partial charge on any atom is 0.227 e. The fourth-order valence-corrected chi connectivity index (χ4v) is 2.05. The molecule has 0 unspecified atom stereocenters. The van der Waals surface area contributed by atoms with Crippen LogP contribution in [0.25, 0.3) is 0 Å². The lowest BCUT2D eigenvalue weighted by Gasteiger charge is -2.12. The number of anilines is 1. The van der Waals surface area contributed by atoms with Crippen LogP contribution in [0.1, 0.15) is 18.9 Å². The first-order chi connectivity index (χ1) is 9.24. The Morgan fingerprint density at radius 3 is 2.58 bits per heavy atom. The topological polar surface area (TPSA) is 47.0 Å². The first-order valence-corrected chi connectivity index (χ1v) is 6.99. The van der Waals surface area contributed by atoms with E-state index in [0.29, 0.717) is 5.88 Å². The highest BCUT2D eigenvalue weighted by molar-refractivity contribution is 9.10. The molecule has 1 N–H and O–H groups in total. The summed E-state index contributed by atoms with van der Waals surface area (Å²) in [6, 6.07) is 7.69. The highest BCUT2D eigenvalue weighted by Crippen LogP contribution is 2.28. The van der Waals surface area contributed by atoms with Crippen molar-refractivity contribution in [3.8, 4) is 11.6 Å². The molecule has 0 saturated carbocycles. The van der Waals surface area contributed by atoms with Gasteiger partial charge in [-0.3, -0.25) is 0 Å². The lowest BCUT2D eigenvalue weighted by Crippen LogP contribution is -2.03. The summed E-state index contributed by atoms with van der Waals surface area (Å²) in [5.74, 6) is 2.20. The zero-order valence-electron chi connectivity index (χ0n) is 11.0. The van der Waals surface area contributed by atoms with Gasteiger partial charge in [0.05, 0.1) is 5.56 Å². The smallest absolute Gasteiger partial charge is 0.227 e. The van der Waals surface area contributed by atoms with E-state index in [1.807, 2.05) is 31.3 Å². The van der Waals surface area contributed by atoms with E-state index in [4.69, 9.17) is 4.74 Å². The van der Waals surface area contributed by atoms with Crippen LogP contribution in [-0.4, -0.2) is 17.0 Å². The monoisotopic (exact) mass is 321 g/mol. The Bertz CT molecular complexity index is 543. The van der Waals surface area contributed by atoms with Crippen LogP contribution in [-0.2, 0) is 6.42 Å². The van der Waals surface area contributed by atoms with Crippen LogP contribution in [0.2, 0.25) is 0 Å². The van der Waals surface area contributed by atoms with Crippen molar-refractivity contribution in [1.82, 2.24) is 9.97 Å². The van der Waals surface area contributed by atoms with Crippen molar-refractivity contribution < 1.29 is 4.74 Å². The average molecular weight is 322 g/mol. The van der Waals surface area contributed by atoms with Crippen LogP contribution in [0.5, 0.6) is 11.6 Å². The van der Waals surface area contributed by atoms with E-state index in [9.17, 15) is 0 Å². The molecule has 1 heterocycles. The van der Waals surface area contributed by atoms with Crippen LogP contribution >= 0.6 is 15.9 Å². The molecule has 0 amide bonds. The molecule has 1 aromatic heterocycles. The summed E-state index contributed by atoms with van der Waals surface area (Å²) in [5, 5.41) is 3.08. The van der Waals surface area contributed by atoms with Crippen molar-refractivity contribution in [2.45, 2.75) is 19.8 Å². The normalized spacial score (nSPS) is 10.3. The third-order valence-corrected chi connectivity index (χ3v) is 3.20. The fourth-order valence-electron chi connectivity index (χ4n) is 1.79. The molecule has 0 spiro atoms. The second-order valence-electron chi connectivity index (χ2n) is 4.06. The SMILES string of the molecule is CCCc1c(NC)ncnc1Oc1ccc(Br)cc1. The molecule has 100 valence electrons. The van der Waals surface area contributed by atoms with E-state index >= 15 is 0 Å². The molecule has 0 fully saturated rings. The highest BCUT2D eigenvalue weighted by atomic mass is 79.9. The molecule has 2 rings (SSSR count). The number of hydrogen-bond donors (Lipinski definition) is 1. The minimum atomic E-state index is 0.614. The summed E-state index contributed by atoms with van der Waals surface area (Å²) in [5.41, 5.74) is 1.01. The van der Waals surface area contributed by atoms with Gasteiger partial charge in [-0.05, 0) is 30.7 Å². The van der Waals surface area contributed by atoms with Crippen LogP contribution in [0.4, 0.5) is 5.82 Å². The summed E-state index contributed by atoms with van der Waals surface area (Å²) in [6.07, 6.45) is 3.40. The summed E-state index contributed by atoms with van der Waals surface area (Å²) in [7, 11) is 1.85. The van der Waals surface area contributed by atoms with Gasteiger partial charge in [-0.15, -0.1) is 0 Å². The van der Waals surface area contributed by atoms with Gasteiger partial charge in [-0.2, -0.15) is 0 Å². The van der Waals surface area contributed by atoms with Crippen molar-refractivity contribution >= 4 is 21.7 Å². The number of benzene rings is 1. The minimum Gasteiger partial charge on any atom is -0.439 e. The van der Waals surface area contributed by atoms with Crippen molar-refractivity contribution in [1.29, 1.82) is 0 Å². The second-order valence-corrected chi connectivity index (χ2v) is 4.98. The molecule has 0 saturated heterocycles. The summed E-state index contributed by atoms with van der Waals surface area (Å²) in [4.78, 5) is 8.46. The van der Waals surface area contributed by atoms with Crippen molar-refractivity contribution in [3.05, 3.63) is 40.6 Å².